The van der Waals surface area contributed by atoms with Crippen LogP contribution in [0.4, 0.5) is 10.5 Å². The second kappa shape index (κ2) is 7.39. The molecule has 0 radical (unpaired) electrons. The number of amides is 2. The molecule has 1 N–H and O–H groups in total. The Labute approximate surface area is 152 Å². The molecule has 1 aliphatic rings. The van der Waals surface area contributed by atoms with Gasteiger partial charge in [0.2, 0.25) is 6.17 Å². The average molecular weight is 351 g/mol. The minimum Gasteiger partial charge on any atom is -0.445 e. The second-order valence-electron chi connectivity index (χ2n) is 6.19. The van der Waals surface area contributed by atoms with Crippen molar-refractivity contribution in [1.82, 2.24) is 5.32 Å². The molecule has 1 heterocycles. The highest BCUT2D eigenvalue weighted by molar-refractivity contribution is 6.12. The normalized spacial score (nSPS) is 16.4. The molecular formula is C20H21N3O3. The Morgan fingerprint density at radius 1 is 1.15 bits per heavy atom. The van der Waals surface area contributed by atoms with Crippen molar-refractivity contribution >= 4 is 23.4 Å². The van der Waals surface area contributed by atoms with Gasteiger partial charge in [-0.3, -0.25) is 15.1 Å². The SMILES string of the molecule is CC1=N[C@H](NC(=O)OCc2ccccc2)C(=O)N(C)c2c(C)cccc21. The number of carbonyl (C=O) groups excluding carboxylic acids is 2. The molecule has 2 aromatic carbocycles. The van der Waals surface area contributed by atoms with E-state index in [4.69, 9.17) is 4.74 Å². The summed E-state index contributed by atoms with van der Waals surface area (Å²) in [4.78, 5) is 30.8. The van der Waals surface area contributed by atoms with Gasteiger partial charge < -0.3 is 9.64 Å². The third kappa shape index (κ3) is 3.59. The number of hydrogen-bond acceptors (Lipinski definition) is 4. The Kier molecular flexibility index (Phi) is 5.02. The quantitative estimate of drug-likeness (QED) is 0.924. The molecule has 0 bridgehead atoms. The zero-order valence-corrected chi connectivity index (χ0v) is 15.0. The van der Waals surface area contributed by atoms with Crippen LogP contribution in [-0.4, -0.2) is 30.9 Å². The van der Waals surface area contributed by atoms with Crippen molar-refractivity contribution in [3.8, 4) is 0 Å². The Morgan fingerprint density at radius 2 is 1.88 bits per heavy atom. The van der Waals surface area contributed by atoms with E-state index < -0.39 is 12.3 Å². The van der Waals surface area contributed by atoms with E-state index in [0.717, 1.165) is 22.4 Å². The lowest BCUT2D eigenvalue weighted by Gasteiger charge is -2.22. The molecule has 0 saturated carbocycles. The molecule has 0 saturated heterocycles. The van der Waals surface area contributed by atoms with Crippen LogP contribution in [0, 0.1) is 6.92 Å². The van der Waals surface area contributed by atoms with E-state index in [0.29, 0.717) is 5.71 Å². The number of aryl methyl sites for hydroxylation is 1. The molecule has 3 rings (SSSR count). The summed E-state index contributed by atoms with van der Waals surface area (Å²) in [5, 5.41) is 2.55. The molecule has 0 unspecified atom stereocenters. The zero-order valence-electron chi connectivity index (χ0n) is 15.0. The van der Waals surface area contributed by atoms with Gasteiger partial charge in [-0.1, -0.05) is 48.5 Å². The predicted molar refractivity (Wildman–Crippen MR) is 100 cm³/mol. The van der Waals surface area contributed by atoms with Crippen LogP contribution in [-0.2, 0) is 16.1 Å². The lowest BCUT2D eigenvalue weighted by atomic mass is 10.0. The first-order chi connectivity index (χ1) is 12.5. The van der Waals surface area contributed by atoms with Crippen LogP contribution in [0.15, 0.2) is 53.5 Å². The van der Waals surface area contributed by atoms with Crippen molar-refractivity contribution < 1.29 is 14.3 Å². The highest BCUT2D eigenvalue weighted by Gasteiger charge is 2.30. The van der Waals surface area contributed by atoms with Crippen molar-refractivity contribution in [2.24, 2.45) is 4.99 Å². The number of nitrogens with zero attached hydrogens (tertiary/aromatic N) is 2. The largest absolute Gasteiger partial charge is 0.445 e. The lowest BCUT2D eigenvalue weighted by Crippen LogP contribution is -2.46. The van der Waals surface area contributed by atoms with E-state index in [1.807, 2.05) is 62.4 Å². The molecular weight excluding hydrogens is 330 g/mol. The predicted octanol–water partition coefficient (Wildman–Crippen LogP) is 3.03. The van der Waals surface area contributed by atoms with Gasteiger partial charge in [-0.25, -0.2) is 4.79 Å². The molecule has 6 nitrogen and oxygen atoms in total. The number of benzodiazepines with no additional fused rings is 1. The number of alkyl carbamates (subject to hydrolysis) is 1. The first-order valence-corrected chi connectivity index (χ1v) is 8.36. The van der Waals surface area contributed by atoms with Crippen LogP contribution in [0.2, 0.25) is 0 Å². The van der Waals surface area contributed by atoms with Crippen molar-refractivity contribution in [3.05, 3.63) is 65.2 Å². The van der Waals surface area contributed by atoms with E-state index in [1.165, 1.54) is 4.90 Å². The monoisotopic (exact) mass is 351 g/mol. The standard InChI is InChI=1S/C20H21N3O3/c1-13-8-7-11-16-14(2)21-18(19(24)23(3)17(13)16)22-20(25)26-12-15-9-5-4-6-10-15/h4-11,18H,12H2,1-3H3,(H,22,25)/t18-/m1/s1. The molecule has 1 aliphatic heterocycles. The van der Waals surface area contributed by atoms with Crippen molar-refractivity contribution in [1.29, 1.82) is 0 Å². The molecule has 2 amide bonds. The number of benzene rings is 2. The zero-order chi connectivity index (χ0) is 18.7. The molecule has 0 aliphatic carbocycles. The van der Waals surface area contributed by atoms with E-state index in [2.05, 4.69) is 10.3 Å². The number of anilines is 1. The van der Waals surface area contributed by atoms with Gasteiger partial charge in [-0.2, -0.15) is 0 Å². The van der Waals surface area contributed by atoms with Crippen molar-refractivity contribution in [3.63, 3.8) is 0 Å². The minimum atomic E-state index is -1.02. The van der Waals surface area contributed by atoms with Gasteiger partial charge in [0, 0.05) is 18.3 Å². The van der Waals surface area contributed by atoms with Gasteiger partial charge >= 0.3 is 6.09 Å². The van der Waals surface area contributed by atoms with Gasteiger partial charge in [0.25, 0.3) is 5.91 Å². The summed E-state index contributed by atoms with van der Waals surface area (Å²) in [6.45, 7) is 3.90. The first kappa shape index (κ1) is 17.7. The molecule has 134 valence electrons. The average Bonchev–Trinajstić information content (AvgIpc) is 2.73. The molecule has 2 aromatic rings. The Morgan fingerprint density at radius 3 is 2.62 bits per heavy atom. The van der Waals surface area contributed by atoms with E-state index in [1.54, 1.807) is 7.05 Å². The van der Waals surface area contributed by atoms with E-state index in [-0.39, 0.29) is 12.5 Å². The van der Waals surface area contributed by atoms with Crippen LogP contribution in [0.5, 0.6) is 0 Å². The Bertz CT molecular complexity index is 862. The summed E-state index contributed by atoms with van der Waals surface area (Å²) in [6.07, 6.45) is -1.70. The van der Waals surface area contributed by atoms with Crippen molar-refractivity contribution in [2.45, 2.75) is 26.6 Å². The first-order valence-electron chi connectivity index (χ1n) is 8.36. The van der Waals surface area contributed by atoms with Crippen LogP contribution in [0.3, 0.4) is 0 Å². The molecule has 0 fully saturated rings. The maximum atomic E-state index is 12.8. The number of rotatable bonds is 3. The number of hydrogen-bond donors (Lipinski definition) is 1. The summed E-state index contributed by atoms with van der Waals surface area (Å²) in [5.41, 5.74) is 4.22. The molecule has 6 heteroatoms. The molecule has 0 aromatic heterocycles. The van der Waals surface area contributed by atoms with E-state index >= 15 is 0 Å². The summed E-state index contributed by atoms with van der Waals surface area (Å²) < 4.78 is 5.20. The summed E-state index contributed by atoms with van der Waals surface area (Å²) in [5.74, 6) is -0.311. The molecule has 0 spiro atoms. The molecule has 26 heavy (non-hydrogen) atoms. The number of ether oxygens (including phenoxy) is 1. The maximum absolute atomic E-state index is 12.8. The van der Waals surface area contributed by atoms with Gasteiger partial charge in [0.15, 0.2) is 0 Å². The number of aliphatic imine (C=N–C) groups is 1. The summed E-state index contributed by atoms with van der Waals surface area (Å²) in [6, 6.07) is 15.1. The van der Waals surface area contributed by atoms with Crippen molar-refractivity contribution in [2.75, 3.05) is 11.9 Å². The molecule has 1 atom stereocenters. The number of fused-ring (bicyclic) bond motifs is 1. The van der Waals surface area contributed by atoms with Crippen LogP contribution in [0.25, 0.3) is 0 Å². The van der Waals surface area contributed by atoms with Gasteiger partial charge in [-0.15, -0.1) is 0 Å². The fraction of sp³-hybridized carbons (Fsp3) is 0.250. The van der Waals surface area contributed by atoms with Crippen LogP contribution >= 0.6 is 0 Å². The highest BCUT2D eigenvalue weighted by Crippen LogP contribution is 2.28. The van der Waals surface area contributed by atoms with Gasteiger partial charge in [0.1, 0.15) is 6.61 Å². The number of para-hydroxylation sites is 1. The fourth-order valence-corrected chi connectivity index (χ4v) is 2.98. The maximum Gasteiger partial charge on any atom is 0.409 e. The van der Waals surface area contributed by atoms with E-state index in [9.17, 15) is 9.59 Å². The Hall–Kier alpha value is -3.15. The topological polar surface area (TPSA) is 71.0 Å². The number of likely N-dealkylation sites (N-methyl/N-ethyl adjacent to an activating group) is 1. The number of nitrogens with one attached hydrogen (secondary N) is 1. The third-order valence-corrected chi connectivity index (χ3v) is 4.32. The summed E-state index contributed by atoms with van der Waals surface area (Å²) >= 11 is 0. The van der Waals surface area contributed by atoms with Gasteiger partial charge in [0.05, 0.1) is 5.69 Å². The minimum absolute atomic E-state index is 0.130. The highest BCUT2D eigenvalue weighted by atomic mass is 16.5. The fourth-order valence-electron chi connectivity index (χ4n) is 2.98. The van der Waals surface area contributed by atoms with Crippen LogP contribution in [0.1, 0.15) is 23.6 Å². The second-order valence-corrected chi connectivity index (χ2v) is 6.19. The smallest absolute Gasteiger partial charge is 0.409 e. The summed E-state index contributed by atoms with van der Waals surface area (Å²) in [7, 11) is 1.69. The van der Waals surface area contributed by atoms with Crippen LogP contribution < -0.4 is 10.2 Å². The lowest BCUT2D eigenvalue weighted by molar-refractivity contribution is -0.120. The van der Waals surface area contributed by atoms with Gasteiger partial charge in [-0.05, 0) is 25.0 Å². The number of carbonyl (C=O) groups is 2. The Balaban J connectivity index is 1.75. The third-order valence-electron chi connectivity index (χ3n) is 4.32.